The molecule has 1 aromatic rings. The lowest BCUT2D eigenvalue weighted by Gasteiger charge is -2.08. The van der Waals surface area contributed by atoms with Crippen LogP contribution < -0.4 is 15.4 Å². The predicted molar refractivity (Wildman–Crippen MR) is 79.8 cm³/mol. The number of nitro groups is 1. The van der Waals surface area contributed by atoms with Crippen LogP contribution in [-0.4, -0.2) is 45.9 Å². The highest BCUT2D eigenvalue weighted by atomic mass is 32.2. The molecule has 0 saturated heterocycles. The number of non-ortho nitro benzene ring substituents is 1. The molecule has 1 amide bonds. The van der Waals surface area contributed by atoms with Crippen LogP contribution in [0.25, 0.3) is 0 Å². The summed E-state index contributed by atoms with van der Waals surface area (Å²) in [6, 6.07) is 4.75. The lowest BCUT2D eigenvalue weighted by atomic mass is 10.3. The van der Waals surface area contributed by atoms with Gasteiger partial charge in [-0.2, -0.15) is 0 Å². The number of benzene rings is 1. The Hall–Kier alpha value is -2.04. The van der Waals surface area contributed by atoms with E-state index in [-0.39, 0.29) is 29.6 Å². The van der Waals surface area contributed by atoms with Gasteiger partial charge in [-0.25, -0.2) is 13.1 Å². The Morgan fingerprint density at radius 3 is 2.64 bits per heavy atom. The molecule has 22 heavy (non-hydrogen) atoms. The Bertz CT molecular complexity index is 632. The monoisotopic (exact) mass is 330 g/mol. The number of nitro benzene ring substituents is 1. The number of carbonyl (C=O) groups excluding carboxylic acids is 1. The average Bonchev–Trinajstić information content (AvgIpc) is 2.49. The van der Waals surface area contributed by atoms with E-state index >= 15 is 0 Å². The molecule has 10 heteroatoms. The maximum absolute atomic E-state index is 12.0. The molecule has 0 aliphatic heterocycles. The van der Waals surface area contributed by atoms with Crippen LogP contribution in [0.3, 0.4) is 0 Å². The third-order valence-corrected chi connectivity index (χ3v) is 4.14. The molecule has 3 N–H and O–H groups in total. The van der Waals surface area contributed by atoms with Crippen molar-refractivity contribution in [2.45, 2.75) is 11.3 Å². The first-order valence-corrected chi connectivity index (χ1v) is 8.00. The Morgan fingerprint density at radius 1 is 1.27 bits per heavy atom. The zero-order chi connectivity index (χ0) is 16.6. The topological polar surface area (TPSA) is 130 Å². The standard InChI is InChI=1S/C12H18N4O5S/c1-13-6-5-12(17)14-7-8-15-22(20,21)11-4-2-3-10(9-11)16(18)19/h2-4,9,13,15H,5-8H2,1H3,(H,14,17). The minimum Gasteiger partial charge on any atom is -0.355 e. The molecule has 0 aliphatic rings. The molecule has 0 unspecified atom stereocenters. The molecule has 9 nitrogen and oxygen atoms in total. The molecule has 0 saturated carbocycles. The van der Waals surface area contributed by atoms with Crippen molar-refractivity contribution in [3.8, 4) is 0 Å². The van der Waals surface area contributed by atoms with Gasteiger partial charge in [0.25, 0.3) is 5.69 Å². The molecule has 122 valence electrons. The zero-order valence-electron chi connectivity index (χ0n) is 12.0. The lowest BCUT2D eigenvalue weighted by molar-refractivity contribution is -0.385. The van der Waals surface area contributed by atoms with E-state index in [1.807, 2.05) is 0 Å². The van der Waals surface area contributed by atoms with Crippen LogP contribution in [0.1, 0.15) is 6.42 Å². The number of hydrogen-bond acceptors (Lipinski definition) is 6. The summed E-state index contributed by atoms with van der Waals surface area (Å²) in [6.45, 7) is 0.665. The van der Waals surface area contributed by atoms with Gasteiger partial charge in [0.15, 0.2) is 0 Å². The van der Waals surface area contributed by atoms with E-state index in [1.165, 1.54) is 18.2 Å². The van der Waals surface area contributed by atoms with Crippen molar-refractivity contribution in [1.82, 2.24) is 15.4 Å². The molecule has 0 radical (unpaired) electrons. The largest absolute Gasteiger partial charge is 0.355 e. The molecule has 0 fully saturated rings. The van der Waals surface area contributed by atoms with Crippen LogP contribution in [0.2, 0.25) is 0 Å². The van der Waals surface area contributed by atoms with Gasteiger partial charge in [0.05, 0.1) is 9.82 Å². The summed E-state index contributed by atoms with van der Waals surface area (Å²) in [5, 5.41) is 16.0. The summed E-state index contributed by atoms with van der Waals surface area (Å²) in [7, 11) is -2.13. The van der Waals surface area contributed by atoms with Gasteiger partial charge in [0, 0.05) is 38.2 Å². The van der Waals surface area contributed by atoms with Gasteiger partial charge in [-0.1, -0.05) is 6.07 Å². The highest BCUT2D eigenvalue weighted by Crippen LogP contribution is 2.16. The van der Waals surface area contributed by atoms with Crippen LogP contribution in [0.15, 0.2) is 29.2 Å². The van der Waals surface area contributed by atoms with Crippen LogP contribution in [-0.2, 0) is 14.8 Å². The first-order chi connectivity index (χ1) is 10.4. The summed E-state index contributed by atoms with van der Waals surface area (Å²) in [4.78, 5) is 21.1. The summed E-state index contributed by atoms with van der Waals surface area (Å²) in [5.41, 5.74) is -0.303. The average molecular weight is 330 g/mol. The maximum atomic E-state index is 12.0. The van der Waals surface area contributed by atoms with E-state index in [2.05, 4.69) is 15.4 Å². The van der Waals surface area contributed by atoms with Gasteiger partial charge in [0.2, 0.25) is 15.9 Å². The first kappa shape index (κ1) is 18.0. The smallest absolute Gasteiger partial charge is 0.270 e. The number of rotatable bonds is 9. The maximum Gasteiger partial charge on any atom is 0.270 e. The molecular formula is C12H18N4O5S. The molecule has 0 aliphatic carbocycles. The highest BCUT2D eigenvalue weighted by Gasteiger charge is 2.17. The normalized spacial score (nSPS) is 11.1. The number of hydrogen-bond donors (Lipinski definition) is 3. The molecule has 0 bridgehead atoms. The van der Waals surface area contributed by atoms with E-state index in [9.17, 15) is 23.3 Å². The van der Waals surface area contributed by atoms with Gasteiger partial charge in [-0.3, -0.25) is 14.9 Å². The van der Waals surface area contributed by atoms with Crippen LogP contribution in [0.4, 0.5) is 5.69 Å². The fraction of sp³-hybridized carbons (Fsp3) is 0.417. The van der Waals surface area contributed by atoms with Crippen molar-refractivity contribution in [3.63, 3.8) is 0 Å². The summed E-state index contributed by atoms with van der Waals surface area (Å²) >= 11 is 0. The van der Waals surface area contributed by atoms with E-state index in [1.54, 1.807) is 7.05 Å². The molecule has 1 rings (SSSR count). The van der Waals surface area contributed by atoms with Gasteiger partial charge in [-0.15, -0.1) is 0 Å². The Morgan fingerprint density at radius 2 is 2.00 bits per heavy atom. The van der Waals surface area contributed by atoms with E-state index < -0.39 is 14.9 Å². The van der Waals surface area contributed by atoms with Crippen LogP contribution >= 0.6 is 0 Å². The molecule has 0 spiro atoms. The Kier molecular flexibility index (Phi) is 6.89. The quantitative estimate of drug-likeness (QED) is 0.321. The van der Waals surface area contributed by atoms with Crippen LogP contribution in [0, 0.1) is 10.1 Å². The van der Waals surface area contributed by atoms with Crippen molar-refractivity contribution in [3.05, 3.63) is 34.4 Å². The fourth-order valence-corrected chi connectivity index (χ4v) is 2.63. The van der Waals surface area contributed by atoms with Crippen molar-refractivity contribution < 1.29 is 18.1 Å². The van der Waals surface area contributed by atoms with Gasteiger partial charge in [-0.05, 0) is 13.1 Å². The summed E-state index contributed by atoms with van der Waals surface area (Å²) in [6.07, 6.45) is 0.300. The molecule has 0 heterocycles. The predicted octanol–water partition coefficient (Wildman–Crippen LogP) is -0.401. The SMILES string of the molecule is CNCCC(=O)NCCNS(=O)(=O)c1cccc([N+](=O)[O-])c1. The zero-order valence-corrected chi connectivity index (χ0v) is 12.9. The summed E-state index contributed by atoms with van der Waals surface area (Å²) in [5.74, 6) is -0.191. The van der Waals surface area contributed by atoms with Crippen molar-refractivity contribution in [1.29, 1.82) is 0 Å². The van der Waals surface area contributed by atoms with Crippen molar-refractivity contribution in [2.24, 2.45) is 0 Å². The number of carbonyl (C=O) groups is 1. The fourth-order valence-electron chi connectivity index (χ4n) is 1.56. The molecule has 1 aromatic carbocycles. The van der Waals surface area contributed by atoms with E-state index in [4.69, 9.17) is 0 Å². The second kappa shape index (κ2) is 8.41. The first-order valence-electron chi connectivity index (χ1n) is 6.52. The van der Waals surface area contributed by atoms with E-state index in [0.717, 1.165) is 6.07 Å². The second-order valence-corrected chi connectivity index (χ2v) is 6.12. The Labute approximate surface area is 128 Å². The molecular weight excluding hydrogens is 312 g/mol. The van der Waals surface area contributed by atoms with Crippen molar-refractivity contribution in [2.75, 3.05) is 26.7 Å². The van der Waals surface area contributed by atoms with Gasteiger partial charge in [0.1, 0.15) is 0 Å². The third kappa shape index (κ3) is 5.76. The van der Waals surface area contributed by atoms with Gasteiger partial charge >= 0.3 is 0 Å². The number of nitrogens with zero attached hydrogens (tertiary/aromatic N) is 1. The minimum atomic E-state index is -3.85. The second-order valence-electron chi connectivity index (χ2n) is 4.36. The number of sulfonamides is 1. The Balaban J connectivity index is 2.52. The number of nitrogens with one attached hydrogen (secondary N) is 3. The number of amides is 1. The molecule has 0 atom stereocenters. The lowest BCUT2D eigenvalue weighted by Crippen LogP contribution is -2.35. The van der Waals surface area contributed by atoms with Crippen molar-refractivity contribution >= 4 is 21.6 Å². The van der Waals surface area contributed by atoms with Gasteiger partial charge < -0.3 is 10.6 Å². The third-order valence-electron chi connectivity index (χ3n) is 2.68. The van der Waals surface area contributed by atoms with Crippen LogP contribution in [0.5, 0.6) is 0 Å². The highest BCUT2D eigenvalue weighted by molar-refractivity contribution is 7.89. The summed E-state index contributed by atoms with van der Waals surface area (Å²) < 4.78 is 26.2. The minimum absolute atomic E-state index is 0.00365. The van der Waals surface area contributed by atoms with E-state index in [0.29, 0.717) is 13.0 Å². The molecule has 0 aromatic heterocycles.